The molecule has 0 saturated heterocycles. The minimum absolute atomic E-state index is 0.576. The minimum Gasteiger partial charge on any atom is -0.497 e. The summed E-state index contributed by atoms with van der Waals surface area (Å²) in [6.45, 7) is 2.03. The average Bonchev–Trinajstić information content (AvgIpc) is 2.54. The van der Waals surface area contributed by atoms with Gasteiger partial charge < -0.3 is 10.5 Å². The van der Waals surface area contributed by atoms with E-state index in [0.29, 0.717) is 0 Å². The second kappa shape index (κ2) is 5.19. The highest BCUT2D eigenvalue weighted by Crippen LogP contribution is 2.32. The van der Waals surface area contributed by atoms with E-state index in [1.54, 1.807) is 13.3 Å². The second-order valence-electron chi connectivity index (χ2n) is 5.33. The second-order valence-corrected chi connectivity index (χ2v) is 5.33. The first-order valence-corrected chi connectivity index (χ1v) is 6.89. The molecule has 0 saturated carbocycles. The SMILES string of the molecule is COc1ccc(C(C)(N)c2cccc3cnccc23)cc1. The molecule has 3 nitrogen and oxygen atoms in total. The van der Waals surface area contributed by atoms with E-state index in [9.17, 15) is 0 Å². The standard InChI is InChI=1S/C18H18N2O/c1-18(19,14-6-8-15(21-2)9-7-14)17-5-3-4-13-12-20-11-10-16(13)17/h3-12H,19H2,1-2H3. The lowest BCUT2D eigenvalue weighted by Gasteiger charge is -2.27. The Kier molecular flexibility index (Phi) is 3.35. The number of methoxy groups -OCH3 is 1. The third kappa shape index (κ3) is 2.36. The van der Waals surface area contributed by atoms with Crippen LogP contribution in [0.5, 0.6) is 5.75 Å². The van der Waals surface area contributed by atoms with Gasteiger partial charge in [0.25, 0.3) is 0 Å². The number of hydrogen-bond acceptors (Lipinski definition) is 3. The van der Waals surface area contributed by atoms with Crippen LogP contribution in [0.3, 0.4) is 0 Å². The molecule has 0 aliphatic rings. The highest BCUT2D eigenvalue weighted by Gasteiger charge is 2.25. The number of fused-ring (bicyclic) bond motifs is 1. The molecule has 1 atom stereocenters. The van der Waals surface area contributed by atoms with Crippen molar-refractivity contribution in [3.05, 3.63) is 72.1 Å². The lowest BCUT2D eigenvalue weighted by atomic mass is 9.83. The van der Waals surface area contributed by atoms with Crippen molar-refractivity contribution >= 4 is 10.8 Å². The summed E-state index contributed by atoms with van der Waals surface area (Å²) < 4.78 is 5.21. The molecule has 3 heteroatoms. The van der Waals surface area contributed by atoms with E-state index in [4.69, 9.17) is 10.5 Å². The molecular weight excluding hydrogens is 260 g/mol. The lowest BCUT2D eigenvalue weighted by molar-refractivity contribution is 0.414. The molecule has 1 heterocycles. The van der Waals surface area contributed by atoms with E-state index < -0.39 is 5.54 Å². The fourth-order valence-electron chi connectivity index (χ4n) is 2.67. The number of hydrogen-bond donors (Lipinski definition) is 1. The van der Waals surface area contributed by atoms with Gasteiger partial charge in [0, 0.05) is 17.8 Å². The first-order chi connectivity index (χ1) is 10.1. The van der Waals surface area contributed by atoms with E-state index in [1.807, 2.05) is 49.5 Å². The Balaban J connectivity index is 2.14. The van der Waals surface area contributed by atoms with Crippen molar-refractivity contribution in [3.63, 3.8) is 0 Å². The van der Waals surface area contributed by atoms with Crippen molar-refractivity contribution in [1.29, 1.82) is 0 Å². The average molecular weight is 278 g/mol. The van der Waals surface area contributed by atoms with Crippen LogP contribution in [-0.4, -0.2) is 12.1 Å². The van der Waals surface area contributed by atoms with Crippen LogP contribution in [0, 0.1) is 0 Å². The maximum absolute atomic E-state index is 6.66. The Morgan fingerprint density at radius 1 is 1.05 bits per heavy atom. The van der Waals surface area contributed by atoms with Gasteiger partial charge in [-0.3, -0.25) is 4.98 Å². The van der Waals surface area contributed by atoms with Crippen molar-refractivity contribution in [3.8, 4) is 5.75 Å². The number of nitrogens with two attached hydrogens (primary N) is 1. The van der Waals surface area contributed by atoms with Gasteiger partial charge in [-0.05, 0) is 41.6 Å². The van der Waals surface area contributed by atoms with Crippen LogP contribution in [0.15, 0.2) is 60.9 Å². The van der Waals surface area contributed by atoms with Gasteiger partial charge in [0.15, 0.2) is 0 Å². The van der Waals surface area contributed by atoms with E-state index in [0.717, 1.165) is 27.6 Å². The molecule has 21 heavy (non-hydrogen) atoms. The van der Waals surface area contributed by atoms with Crippen LogP contribution in [-0.2, 0) is 5.54 Å². The first-order valence-electron chi connectivity index (χ1n) is 6.89. The molecular formula is C18H18N2O. The van der Waals surface area contributed by atoms with Gasteiger partial charge in [-0.15, -0.1) is 0 Å². The Labute approximate surface area is 124 Å². The fourth-order valence-corrected chi connectivity index (χ4v) is 2.67. The Bertz CT molecular complexity index is 758. The molecule has 2 aromatic carbocycles. The quantitative estimate of drug-likeness (QED) is 0.798. The molecule has 1 aromatic heterocycles. The smallest absolute Gasteiger partial charge is 0.118 e. The molecule has 2 N–H and O–H groups in total. The number of pyridine rings is 1. The van der Waals surface area contributed by atoms with Gasteiger partial charge in [0.05, 0.1) is 12.6 Å². The Hall–Kier alpha value is -2.39. The van der Waals surface area contributed by atoms with Gasteiger partial charge in [-0.25, -0.2) is 0 Å². The zero-order valence-electron chi connectivity index (χ0n) is 12.2. The fraction of sp³-hybridized carbons (Fsp3) is 0.167. The van der Waals surface area contributed by atoms with Crippen molar-refractivity contribution in [2.45, 2.75) is 12.5 Å². The zero-order valence-corrected chi connectivity index (χ0v) is 12.2. The van der Waals surface area contributed by atoms with Crippen molar-refractivity contribution in [1.82, 2.24) is 4.98 Å². The van der Waals surface area contributed by atoms with Gasteiger partial charge in [0.1, 0.15) is 5.75 Å². The highest BCUT2D eigenvalue weighted by molar-refractivity contribution is 5.86. The van der Waals surface area contributed by atoms with E-state index in [1.165, 1.54) is 0 Å². The molecule has 106 valence electrons. The molecule has 0 bridgehead atoms. The summed E-state index contributed by atoms with van der Waals surface area (Å²) in [6, 6.07) is 16.1. The van der Waals surface area contributed by atoms with Crippen LogP contribution in [0.2, 0.25) is 0 Å². The largest absolute Gasteiger partial charge is 0.497 e. The topological polar surface area (TPSA) is 48.1 Å². The zero-order chi connectivity index (χ0) is 14.9. The number of nitrogens with zero attached hydrogens (tertiary/aromatic N) is 1. The van der Waals surface area contributed by atoms with Crippen LogP contribution in [0.4, 0.5) is 0 Å². The third-order valence-electron chi connectivity index (χ3n) is 3.93. The van der Waals surface area contributed by atoms with Crippen LogP contribution in [0.25, 0.3) is 10.8 Å². The number of rotatable bonds is 3. The minimum atomic E-state index is -0.576. The maximum atomic E-state index is 6.66. The summed E-state index contributed by atoms with van der Waals surface area (Å²) in [5.41, 5.74) is 8.22. The number of aromatic nitrogens is 1. The molecule has 0 fully saturated rings. The predicted octanol–water partition coefficient (Wildman–Crippen LogP) is 3.47. The molecule has 0 aliphatic heterocycles. The molecule has 1 unspecified atom stereocenters. The molecule has 0 radical (unpaired) electrons. The molecule has 0 amide bonds. The van der Waals surface area contributed by atoms with Gasteiger partial charge >= 0.3 is 0 Å². The summed E-state index contributed by atoms with van der Waals surface area (Å²) in [5.74, 6) is 0.830. The predicted molar refractivity (Wildman–Crippen MR) is 85.4 cm³/mol. The van der Waals surface area contributed by atoms with Crippen LogP contribution >= 0.6 is 0 Å². The normalized spacial score (nSPS) is 13.9. The van der Waals surface area contributed by atoms with Crippen molar-refractivity contribution in [2.75, 3.05) is 7.11 Å². The van der Waals surface area contributed by atoms with Gasteiger partial charge in [-0.2, -0.15) is 0 Å². The molecule has 3 aromatic rings. The summed E-state index contributed by atoms with van der Waals surface area (Å²) in [4.78, 5) is 4.17. The molecule has 0 aliphatic carbocycles. The van der Waals surface area contributed by atoms with E-state index >= 15 is 0 Å². The maximum Gasteiger partial charge on any atom is 0.118 e. The highest BCUT2D eigenvalue weighted by atomic mass is 16.5. The van der Waals surface area contributed by atoms with Crippen molar-refractivity contribution < 1.29 is 4.74 Å². The number of benzene rings is 2. The van der Waals surface area contributed by atoms with E-state index in [2.05, 4.69) is 17.1 Å². The first kappa shape index (κ1) is 13.6. The van der Waals surface area contributed by atoms with Gasteiger partial charge in [-0.1, -0.05) is 30.3 Å². The lowest BCUT2D eigenvalue weighted by Crippen LogP contribution is -2.34. The number of ether oxygens (including phenoxy) is 1. The molecule has 3 rings (SSSR count). The summed E-state index contributed by atoms with van der Waals surface area (Å²) in [6.07, 6.45) is 3.67. The van der Waals surface area contributed by atoms with Crippen molar-refractivity contribution in [2.24, 2.45) is 5.73 Å². The van der Waals surface area contributed by atoms with Gasteiger partial charge in [0.2, 0.25) is 0 Å². The van der Waals surface area contributed by atoms with E-state index in [-0.39, 0.29) is 0 Å². The summed E-state index contributed by atoms with van der Waals surface area (Å²) in [7, 11) is 1.66. The Morgan fingerprint density at radius 3 is 2.52 bits per heavy atom. The third-order valence-corrected chi connectivity index (χ3v) is 3.93. The molecule has 0 spiro atoms. The van der Waals surface area contributed by atoms with Crippen LogP contribution < -0.4 is 10.5 Å². The monoisotopic (exact) mass is 278 g/mol. The summed E-state index contributed by atoms with van der Waals surface area (Å²) in [5, 5.41) is 2.23. The Morgan fingerprint density at radius 2 is 1.81 bits per heavy atom. The van der Waals surface area contributed by atoms with Crippen LogP contribution in [0.1, 0.15) is 18.1 Å². The summed E-state index contributed by atoms with van der Waals surface area (Å²) >= 11 is 0.